The zero-order valence-electron chi connectivity index (χ0n) is 28.3. The SMILES string of the molecule is COC(=O)Oc1ccc(OC)cc1C/C=C(\C)CC(/C=C(\C)CC/C=C(\C)CCC=C(C)C)(C(=O)OC)S(=O)(=O)c1ccccc1. The second-order valence-corrected chi connectivity index (χ2v) is 13.8. The van der Waals surface area contributed by atoms with Crippen molar-refractivity contribution < 1.29 is 37.0 Å². The minimum Gasteiger partial charge on any atom is -0.497 e. The highest BCUT2D eigenvalue weighted by atomic mass is 32.2. The lowest BCUT2D eigenvalue weighted by Gasteiger charge is -2.29. The van der Waals surface area contributed by atoms with E-state index >= 15 is 0 Å². The Morgan fingerprint density at radius 2 is 1.43 bits per heavy atom. The number of allylic oxidation sites excluding steroid dienone is 7. The Kier molecular flexibility index (Phi) is 15.0. The molecule has 0 aliphatic rings. The van der Waals surface area contributed by atoms with Gasteiger partial charge >= 0.3 is 12.1 Å². The van der Waals surface area contributed by atoms with Crippen LogP contribution in [0.25, 0.3) is 0 Å². The molecule has 0 aromatic heterocycles. The molecule has 250 valence electrons. The van der Waals surface area contributed by atoms with E-state index in [9.17, 15) is 18.0 Å². The minimum absolute atomic E-state index is 0.0221. The van der Waals surface area contributed by atoms with E-state index in [-0.39, 0.29) is 23.5 Å². The van der Waals surface area contributed by atoms with Gasteiger partial charge < -0.3 is 18.9 Å². The molecule has 8 nitrogen and oxygen atoms in total. The first-order valence-corrected chi connectivity index (χ1v) is 16.7. The summed E-state index contributed by atoms with van der Waals surface area (Å²) >= 11 is 0. The topological polar surface area (TPSA) is 105 Å². The Hall–Kier alpha value is -4.11. The molecule has 2 aromatic carbocycles. The molecule has 0 N–H and O–H groups in total. The largest absolute Gasteiger partial charge is 0.513 e. The van der Waals surface area contributed by atoms with Gasteiger partial charge in [0.1, 0.15) is 11.5 Å². The number of hydrogen-bond donors (Lipinski definition) is 0. The van der Waals surface area contributed by atoms with Crippen molar-refractivity contribution in [2.45, 2.75) is 82.8 Å². The van der Waals surface area contributed by atoms with Crippen molar-refractivity contribution in [2.75, 3.05) is 21.3 Å². The smallest absolute Gasteiger partial charge is 0.497 e. The molecule has 1 atom stereocenters. The highest BCUT2D eigenvalue weighted by Gasteiger charge is 2.51. The number of benzene rings is 2. The number of esters is 1. The Labute approximate surface area is 274 Å². The van der Waals surface area contributed by atoms with Crippen molar-refractivity contribution in [1.29, 1.82) is 0 Å². The number of rotatable bonds is 16. The summed E-state index contributed by atoms with van der Waals surface area (Å²) < 4.78 is 47.2. The van der Waals surface area contributed by atoms with Crippen molar-refractivity contribution in [3.8, 4) is 11.5 Å². The number of carbonyl (C=O) groups excluding carboxylic acids is 2. The summed E-state index contributed by atoms with van der Waals surface area (Å²) in [6.07, 6.45) is 10.2. The van der Waals surface area contributed by atoms with E-state index in [1.54, 1.807) is 55.5 Å². The number of carbonyl (C=O) groups is 2. The molecule has 0 spiro atoms. The molecule has 0 saturated carbocycles. The van der Waals surface area contributed by atoms with Gasteiger partial charge in [-0.25, -0.2) is 18.0 Å². The van der Waals surface area contributed by atoms with Crippen LogP contribution in [-0.2, 0) is 30.5 Å². The van der Waals surface area contributed by atoms with Crippen LogP contribution in [0.15, 0.2) is 100 Å². The lowest BCUT2D eigenvalue weighted by Crippen LogP contribution is -2.46. The summed E-state index contributed by atoms with van der Waals surface area (Å²) in [5.74, 6) is -0.0469. The molecule has 9 heteroatoms. The molecule has 0 saturated heterocycles. The standard InChI is InChI=1S/C37H48O8S/c1-27(2)14-12-15-28(3)16-13-17-29(4)25-37(35(38)43-7,46(40,41)33-18-10-9-11-19-33)26-30(5)20-21-31-24-32(42-6)22-23-34(31)45-36(39)44-8/h9-11,14,16,18-20,22-25H,12-13,15,17,21,26H2,1-8H3/b28-16+,29-25+,30-20+. The molecule has 0 fully saturated rings. The van der Waals surface area contributed by atoms with Gasteiger partial charge in [-0.05, 0) is 97.1 Å². The van der Waals surface area contributed by atoms with Gasteiger partial charge in [0, 0.05) is 12.0 Å². The minimum atomic E-state index is -4.27. The summed E-state index contributed by atoms with van der Waals surface area (Å²) in [7, 11) is -0.326. The normalized spacial score (nSPS) is 13.8. The number of sulfone groups is 1. The lowest BCUT2D eigenvalue weighted by atomic mass is 9.94. The molecule has 0 radical (unpaired) electrons. The molecule has 0 aliphatic heterocycles. The quantitative estimate of drug-likeness (QED) is 0.101. The van der Waals surface area contributed by atoms with Crippen LogP contribution in [0.2, 0.25) is 0 Å². The summed E-state index contributed by atoms with van der Waals surface area (Å²) in [5, 5.41) is 0. The van der Waals surface area contributed by atoms with Crippen LogP contribution < -0.4 is 9.47 Å². The first-order chi connectivity index (χ1) is 21.8. The van der Waals surface area contributed by atoms with Crippen LogP contribution in [-0.4, -0.2) is 46.6 Å². The van der Waals surface area contributed by atoms with E-state index in [2.05, 4.69) is 37.7 Å². The Morgan fingerprint density at radius 3 is 2.04 bits per heavy atom. The van der Waals surface area contributed by atoms with Crippen LogP contribution in [0, 0.1) is 0 Å². The van der Waals surface area contributed by atoms with Gasteiger partial charge in [-0.2, -0.15) is 0 Å². The number of hydrogen-bond acceptors (Lipinski definition) is 8. The second-order valence-electron chi connectivity index (χ2n) is 11.6. The maximum atomic E-state index is 14.4. The molecular weight excluding hydrogens is 604 g/mol. The molecular formula is C37H48O8S. The van der Waals surface area contributed by atoms with Crippen LogP contribution in [0.3, 0.4) is 0 Å². The van der Waals surface area contributed by atoms with Crippen LogP contribution in [0.5, 0.6) is 11.5 Å². The molecule has 2 rings (SSSR count). The third-order valence-electron chi connectivity index (χ3n) is 7.51. The van der Waals surface area contributed by atoms with Gasteiger partial charge in [0.05, 0.1) is 26.2 Å². The zero-order chi connectivity index (χ0) is 34.3. The van der Waals surface area contributed by atoms with E-state index in [1.165, 1.54) is 44.6 Å². The maximum absolute atomic E-state index is 14.4. The van der Waals surface area contributed by atoms with Crippen molar-refractivity contribution in [3.63, 3.8) is 0 Å². The zero-order valence-corrected chi connectivity index (χ0v) is 29.2. The van der Waals surface area contributed by atoms with Crippen molar-refractivity contribution in [1.82, 2.24) is 0 Å². The van der Waals surface area contributed by atoms with Gasteiger partial charge in [-0.3, -0.25) is 0 Å². The van der Waals surface area contributed by atoms with E-state index in [4.69, 9.17) is 14.2 Å². The first-order valence-electron chi connectivity index (χ1n) is 15.2. The fraction of sp³-hybridized carbons (Fsp3) is 0.405. The molecule has 46 heavy (non-hydrogen) atoms. The molecule has 0 amide bonds. The Balaban J connectivity index is 2.54. The first kappa shape index (κ1) is 38.1. The van der Waals surface area contributed by atoms with Gasteiger partial charge in [0.25, 0.3) is 0 Å². The molecule has 0 bridgehead atoms. The predicted molar refractivity (Wildman–Crippen MR) is 182 cm³/mol. The van der Waals surface area contributed by atoms with Crippen molar-refractivity contribution in [2.24, 2.45) is 0 Å². The fourth-order valence-corrected chi connectivity index (χ4v) is 7.01. The lowest BCUT2D eigenvalue weighted by molar-refractivity contribution is -0.142. The monoisotopic (exact) mass is 652 g/mol. The Morgan fingerprint density at radius 1 is 0.783 bits per heavy atom. The van der Waals surface area contributed by atoms with Crippen LogP contribution in [0.1, 0.15) is 72.3 Å². The summed E-state index contributed by atoms with van der Waals surface area (Å²) in [4.78, 5) is 25.5. The number of ether oxygens (including phenoxy) is 4. The van der Waals surface area contributed by atoms with Gasteiger partial charge in [-0.15, -0.1) is 0 Å². The van der Waals surface area contributed by atoms with E-state index < -0.39 is 26.7 Å². The Bertz CT molecular complexity index is 1560. The third kappa shape index (κ3) is 10.8. The second kappa shape index (κ2) is 18.1. The highest BCUT2D eigenvalue weighted by Crippen LogP contribution is 2.37. The average Bonchev–Trinajstić information content (AvgIpc) is 3.03. The third-order valence-corrected chi connectivity index (χ3v) is 9.79. The van der Waals surface area contributed by atoms with E-state index in [0.717, 1.165) is 18.4 Å². The van der Waals surface area contributed by atoms with E-state index in [0.29, 0.717) is 29.7 Å². The molecule has 0 heterocycles. The van der Waals surface area contributed by atoms with Crippen molar-refractivity contribution in [3.05, 3.63) is 101 Å². The molecule has 2 aromatic rings. The van der Waals surface area contributed by atoms with E-state index in [1.807, 2.05) is 6.92 Å². The van der Waals surface area contributed by atoms with Crippen LogP contribution >= 0.6 is 0 Å². The summed E-state index contributed by atoms with van der Waals surface area (Å²) in [6, 6.07) is 12.9. The maximum Gasteiger partial charge on any atom is 0.513 e. The summed E-state index contributed by atoms with van der Waals surface area (Å²) in [6.45, 7) is 9.86. The van der Waals surface area contributed by atoms with Gasteiger partial charge in [-0.1, -0.05) is 64.8 Å². The summed E-state index contributed by atoms with van der Waals surface area (Å²) in [5.41, 5.74) is 4.53. The average molecular weight is 653 g/mol. The fourth-order valence-electron chi connectivity index (χ4n) is 5.00. The van der Waals surface area contributed by atoms with Gasteiger partial charge in [0.15, 0.2) is 14.6 Å². The predicted octanol–water partition coefficient (Wildman–Crippen LogP) is 8.52. The molecule has 1 unspecified atom stereocenters. The number of methoxy groups -OCH3 is 3. The van der Waals surface area contributed by atoms with Crippen molar-refractivity contribution >= 4 is 22.0 Å². The molecule has 0 aliphatic carbocycles. The van der Waals surface area contributed by atoms with Gasteiger partial charge in [0.2, 0.25) is 0 Å². The van der Waals surface area contributed by atoms with Crippen LogP contribution in [0.4, 0.5) is 4.79 Å². The highest BCUT2D eigenvalue weighted by molar-refractivity contribution is 7.93.